The number of phenols is 2. The SMILES string of the molecule is NC(N)=NCCN=c1cc2n(-c3ccc(O)cc3)c3ccccc3nc-2cc1Nc1ccc(O)cc1. The smallest absolute Gasteiger partial charge is 0.185 e. The van der Waals surface area contributed by atoms with Crippen molar-refractivity contribution in [2.24, 2.45) is 21.5 Å². The van der Waals surface area contributed by atoms with Crippen LogP contribution in [0.2, 0.25) is 0 Å². The van der Waals surface area contributed by atoms with E-state index in [2.05, 4.69) is 14.9 Å². The second-order valence-corrected chi connectivity index (χ2v) is 8.17. The van der Waals surface area contributed by atoms with Gasteiger partial charge in [0.05, 0.1) is 46.6 Å². The molecule has 0 saturated heterocycles. The molecule has 5 rings (SSSR count). The molecule has 1 heterocycles. The highest BCUT2D eigenvalue weighted by atomic mass is 16.3. The van der Waals surface area contributed by atoms with Crippen LogP contribution in [0, 0.1) is 0 Å². The minimum absolute atomic E-state index is 0.0204. The summed E-state index contributed by atoms with van der Waals surface area (Å²) in [5.41, 5.74) is 16.7. The predicted molar refractivity (Wildman–Crippen MR) is 142 cm³/mol. The molecule has 7 N–H and O–H groups in total. The van der Waals surface area contributed by atoms with Crippen LogP contribution in [0.15, 0.2) is 94.9 Å². The third kappa shape index (κ3) is 4.76. The molecule has 0 radical (unpaired) electrons. The lowest BCUT2D eigenvalue weighted by Crippen LogP contribution is -2.23. The number of aromatic hydroxyl groups is 2. The number of anilines is 2. The van der Waals surface area contributed by atoms with Gasteiger partial charge in [-0.3, -0.25) is 9.98 Å². The van der Waals surface area contributed by atoms with Crippen LogP contribution in [-0.4, -0.2) is 38.8 Å². The lowest BCUT2D eigenvalue weighted by atomic mass is 10.1. The van der Waals surface area contributed by atoms with E-state index in [-0.39, 0.29) is 17.5 Å². The fourth-order valence-corrected chi connectivity index (χ4v) is 4.00. The highest BCUT2D eigenvalue weighted by molar-refractivity contribution is 5.84. The van der Waals surface area contributed by atoms with Crippen LogP contribution in [0.25, 0.3) is 28.1 Å². The number of nitrogens with two attached hydrogens (primary N) is 2. The molecule has 0 fully saturated rings. The van der Waals surface area contributed by atoms with E-state index < -0.39 is 0 Å². The van der Waals surface area contributed by atoms with Gasteiger partial charge in [0.25, 0.3) is 0 Å². The van der Waals surface area contributed by atoms with Crippen molar-refractivity contribution in [1.29, 1.82) is 0 Å². The molecule has 3 aromatic carbocycles. The molecule has 0 atom stereocenters. The van der Waals surface area contributed by atoms with Crippen molar-refractivity contribution in [3.8, 4) is 28.6 Å². The largest absolute Gasteiger partial charge is 0.508 e. The minimum atomic E-state index is 0.0204. The molecule has 180 valence electrons. The predicted octanol–water partition coefficient (Wildman–Crippen LogP) is 3.46. The summed E-state index contributed by atoms with van der Waals surface area (Å²) < 4.78 is 2.09. The Bertz CT molecular complexity index is 1590. The van der Waals surface area contributed by atoms with Crippen LogP contribution < -0.4 is 22.1 Å². The Morgan fingerprint density at radius 3 is 2.28 bits per heavy atom. The van der Waals surface area contributed by atoms with E-state index in [0.717, 1.165) is 39.5 Å². The number of rotatable bonds is 6. The average molecular weight is 480 g/mol. The van der Waals surface area contributed by atoms with E-state index >= 15 is 0 Å². The number of fused-ring (bicyclic) bond motifs is 2. The van der Waals surface area contributed by atoms with Gasteiger partial charge in [0.1, 0.15) is 11.5 Å². The van der Waals surface area contributed by atoms with Gasteiger partial charge in [-0.25, -0.2) is 4.98 Å². The molecule has 1 aliphatic carbocycles. The van der Waals surface area contributed by atoms with Gasteiger partial charge in [-0.15, -0.1) is 0 Å². The standard InChI is InChI=1S/C27H25N7O2/c28-27(29)31-14-13-30-22-16-26-24(15-23(22)32-17-5-9-19(35)10-6-17)33-21-3-1-2-4-25(21)34(26)18-7-11-20(36)12-8-18/h1-12,15-16,32,35-36H,13-14H2,(H4,28,29,31). The molecular weight excluding hydrogens is 454 g/mol. The average Bonchev–Trinajstić information content (AvgIpc) is 2.87. The zero-order chi connectivity index (χ0) is 25.1. The van der Waals surface area contributed by atoms with Crippen LogP contribution in [0.1, 0.15) is 0 Å². The highest BCUT2D eigenvalue weighted by Gasteiger charge is 2.16. The van der Waals surface area contributed by atoms with Crippen LogP contribution in [-0.2, 0) is 0 Å². The van der Waals surface area contributed by atoms with Crippen molar-refractivity contribution in [2.75, 3.05) is 18.4 Å². The summed E-state index contributed by atoms with van der Waals surface area (Å²) in [4.78, 5) is 13.7. The molecule has 0 amide bonds. The van der Waals surface area contributed by atoms with E-state index in [1.807, 2.05) is 48.5 Å². The Morgan fingerprint density at radius 2 is 1.56 bits per heavy atom. The number of benzene rings is 4. The number of phenolic OH excluding ortho intramolecular Hbond substituents is 2. The third-order valence-corrected chi connectivity index (χ3v) is 5.63. The summed E-state index contributed by atoms with van der Waals surface area (Å²) in [5, 5.41) is 23.6. The van der Waals surface area contributed by atoms with Crippen LogP contribution in [0.3, 0.4) is 0 Å². The zero-order valence-corrected chi connectivity index (χ0v) is 19.3. The summed E-state index contributed by atoms with van der Waals surface area (Å²) in [6.07, 6.45) is 0. The van der Waals surface area contributed by atoms with Gasteiger partial charge >= 0.3 is 0 Å². The summed E-state index contributed by atoms with van der Waals surface area (Å²) in [5.74, 6) is 0.397. The van der Waals surface area contributed by atoms with Crippen molar-refractivity contribution >= 4 is 28.4 Å². The van der Waals surface area contributed by atoms with E-state index in [9.17, 15) is 10.2 Å². The molecule has 9 nitrogen and oxygen atoms in total. The van der Waals surface area contributed by atoms with Gasteiger partial charge in [0.2, 0.25) is 0 Å². The topological polar surface area (TPSA) is 147 Å². The van der Waals surface area contributed by atoms with Gasteiger partial charge in [-0.1, -0.05) is 12.1 Å². The molecule has 0 aromatic heterocycles. The first-order valence-electron chi connectivity index (χ1n) is 11.3. The number of aliphatic imine (C=N–C) groups is 1. The first kappa shape index (κ1) is 22.7. The Kier molecular flexibility index (Phi) is 6.10. The van der Waals surface area contributed by atoms with Crippen LogP contribution in [0.5, 0.6) is 11.5 Å². The van der Waals surface area contributed by atoms with Gasteiger partial charge in [0.15, 0.2) is 5.96 Å². The monoisotopic (exact) mass is 479 g/mol. The third-order valence-electron chi connectivity index (χ3n) is 5.63. The molecule has 2 aliphatic rings. The Morgan fingerprint density at radius 1 is 0.861 bits per heavy atom. The van der Waals surface area contributed by atoms with Crippen molar-refractivity contribution in [2.45, 2.75) is 0 Å². The number of hydrogen-bond acceptors (Lipinski definition) is 6. The fourth-order valence-electron chi connectivity index (χ4n) is 4.00. The molecule has 36 heavy (non-hydrogen) atoms. The summed E-state index contributed by atoms with van der Waals surface area (Å²) >= 11 is 0. The van der Waals surface area contributed by atoms with Crippen molar-refractivity contribution in [3.63, 3.8) is 0 Å². The normalized spacial score (nSPS) is 11.6. The van der Waals surface area contributed by atoms with Crippen LogP contribution >= 0.6 is 0 Å². The number of aromatic nitrogens is 2. The lowest BCUT2D eigenvalue weighted by Gasteiger charge is -2.20. The van der Waals surface area contributed by atoms with E-state index in [4.69, 9.17) is 21.4 Å². The van der Waals surface area contributed by atoms with Gasteiger partial charge in [0, 0.05) is 11.4 Å². The Balaban J connectivity index is 1.74. The molecule has 0 bridgehead atoms. The van der Waals surface area contributed by atoms with E-state index in [1.54, 1.807) is 36.4 Å². The minimum Gasteiger partial charge on any atom is -0.508 e. The molecule has 1 aliphatic heterocycles. The lowest BCUT2D eigenvalue weighted by molar-refractivity contribution is 0.475. The first-order chi connectivity index (χ1) is 17.5. The highest BCUT2D eigenvalue weighted by Crippen LogP contribution is 2.31. The molecule has 0 unspecified atom stereocenters. The maximum absolute atomic E-state index is 9.84. The summed E-state index contributed by atoms with van der Waals surface area (Å²) in [6.45, 7) is 0.737. The summed E-state index contributed by atoms with van der Waals surface area (Å²) in [7, 11) is 0. The zero-order valence-electron chi connectivity index (χ0n) is 19.3. The molecular formula is C27H25N7O2. The maximum atomic E-state index is 9.84. The van der Waals surface area contributed by atoms with E-state index in [0.29, 0.717) is 18.4 Å². The number of hydrogen-bond donors (Lipinski definition) is 5. The number of guanidine groups is 1. The summed E-state index contributed by atoms with van der Waals surface area (Å²) in [6, 6.07) is 25.6. The van der Waals surface area contributed by atoms with Gasteiger partial charge in [-0.05, 0) is 72.8 Å². The van der Waals surface area contributed by atoms with Gasteiger partial charge < -0.3 is 31.6 Å². The molecule has 0 spiro atoms. The van der Waals surface area contributed by atoms with E-state index in [1.165, 1.54) is 0 Å². The second-order valence-electron chi connectivity index (χ2n) is 8.17. The van der Waals surface area contributed by atoms with Crippen molar-refractivity contribution in [3.05, 3.63) is 90.3 Å². The van der Waals surface area contributed by atoms with Gasteiger partial charge in [-0.2, -0.15) is 0 Å². The number of para-hydroxylation sites is 2. The quantitative estimate of drug-likeness (QED) is 0.0828. The first-order valence-corrected chi connectivity index (χ1v) is 11.3. The number of nitrogens with zero attached hydrogens (tertiary/aromatic N) is 4. The van der Waals surface area contributed by atoms with Crippen molar-refractivity contribution < 1.29 is 10.2 Å². The Hall–Kier alpha value is -5.05. The molecule has 0 saturated carbocycles. The number of nitrogens with one attached hydrogen (secondary N) is 1. The molecule has 9 heteroatoms. The van der Waals surface area contributed by atoms with Crippen molar-refractivity contribution in [1.82, 2.24) is 9.55 Å². The molecule has 3 aromatic rings. The fraction of sp³-hybridized carbons (Fsp3) is 0.0741. The maximum Gasteiger partial charge on any atom is 0.185 e. The second kappa shape index (κ2) is 9.67. The Labute approximate surface area is 207 Å². The van der Waals surface area contributed by atoms with Crippen LogP contribution in [0.4, 0.5) is 11.4 Å².